The number of nitrogens with zero attached hydrogens (tertiary/aromatic N) is 2. The van der Waals surface area contributed by atoms with Crippen LogP contribution in [0.15, 0.2) is 18.2 Å². The van der Waals surface area contributed by atoms with Gasteiger partial charge in [-0.1, -0.05) is 37.0 Å². The van der Waals surface area contributed by atoms with E-state index in [-0.39, 0.29) is 17.7 Å². The van der Waals surface area contributed by atoms with Gasteiger partial charge in [-0.05, 0) is 44.1 Å². The predicted molar refractivity (Wildman–Crippen MR) is 106 cm³/mol. The Morgan fingerprint density at radius 3 is 2.65 bits per heavy atom. The molecule has 0 radical (unpaired) electrons. The average Bonchev–Trinajstić information content (AvgIpc) is 2.64. The number of nitrogens with one attached hydrogen (secondary N) is 1. The fourth-order valence-electron chi connectivity index (χ4n) is 3.23. The highest BCUT2D eigenvalue weighted by molar-refractivity contribution is 6.36. The molecule has 1 aliphatic rings. The molecule has 2 rings (SSSR count). The van der Waals surface area contributed by atoms with Gasteiger partial charge in [0.15, 0.2) is 0 Å². The van der Waals surface area contributed by atoms with E-state index in [0.717, 1.165) is 32.5 Å². The fourth-order valence-corrected chi connectivity index (χ4v) is 3.72. The summed E-state index contributed by atoms with van der Waals surface area (Å²) < 4.78 is 0. The number of likely N-dealkylation sites (N-methyl/N-ethyl adjacent to an activating group) is 1. The van der Waals surface area contributed by atoms with Gasteiger partial charge in [-0.25, -0.2) is 0 Å². The third-order valence-electron chi connectivity index (χ3n) is 4.86. The van der Waals surface area contributed by atoms with Crippen molar-refractivity contribution in [2.24, 2.45) is 5.92 Å². The maximum atomic E-state index is 12.7. The van der Waals surface area contributed by atoms with Crippen LogP contribution < -0.4 is 5.32 Å². The molecule has 1 unspecified atom stereocenters. The lowest BCUT2D eigenvalue weighted by Gasteiger charge is -2.32. The van der Waals surface area contributed by atoms with Crippen molar-refractivity contribution in [3.63, 3.8) is 0 Å². The molecule has 7 heteroatoms. The van der Waals surface area contributed by atoms with Gasteiger partial charge in [0.1, 0.15) is 0 Å². The van der Waals surface area contributed by atoms with E-state index in [1.165, 1.54) is 0 Å². The lowest BCUT2D eigenvalue weighted by Crippen LogP contribution is -2.46. The Morgan fingerprint density at radius 1 is 1.27 bits per heavy atom. The van der Waals surface area contributed by atoms with Gasteiger partial charge in [-0.15, -0.1) is 0 Å². The minimum atomic E-state index is -0.171. The zero-order valence-corrected chi connectivity index (χ0v) is 16.9. The third kappa shape index (κ3) is 5.60. The van der Waals surface area contributed by atoms with Gasteiger partial charge < -0.3 is 15.1 Å². The number of likely N-dealkylation sites (tertiary alicyclic amines) is 1. The Morgan fingerprint density at radius 2 is 2.00 bits per heavy atom. The van der Waals surface area contributed by atoms with E-state index in [1.54, 1.807) is 23.1 Å². The van der Waals surface area contributed by atoms with Crippen LogP contribution in [0.5, 0.6) is 0 Å². The van der Waals surface area contributed by atoms with Crippen molar-refractivity contribution >= 4 is 35.0 Å². The molecule has 144 valence electrons. The summed E-state index contributed by atoms with van der Waals surface area (Å²) >= 11 is 12.1. The Bertz CT molecular complexity index is 635. The molecule has 1 heterocycles. The highest BCUT2D eigenvalue weighted by Crippen LogP contribution is 2.25. The molecule has 1 atom stereocenters. The summed E-state index contributed by atoms with van der Waals surface area (Å²) in [4.78, 5) is 29.2. The van der Waals surface area contributed by atoms with Crippen LogP contribution in [-0.2, 0) is 4.79 Å². The number of piperidine rings is 1. The molecule has 1 N–H and O–H groups in total. The lowest BCUT2D eigenvalue weighted by atomic mass is 9.96. The van der Waals surface area contributed by atoms with Crippen molar-refractivity contribution in [3.05, 3.63) is 33.8 Å². The van der Waals surface area contributed by atoms with Gasteiger partial charge in [-0.3, -0.25) is 9.59 Å². The van der Waals surface area contributed by atoms with Gasteiger partial charge in [-0.2, -0.15) is 0 Å². The molecule has 0 aromatic heterocycles. The number of benzene rings is 1. The summed E-state index contributed by atoms with van der Waals surface area (Å²) in [5.41, 5.74) is 0.429. The largest absolute Gasteiger partial charge is 0.355 e. The van der Waals surface area contributed by atoms with Crippen LogP contribution in [0.4, 0.5) is 0 Å². The zero-order chi connectivity index (χ0) is 19.1. The topological polar surface area (TPSA) is 52.7 Å². The molecule has 2 amide bonds. The molecule has 0 bridgehead atoms. The monoisotopic (exact) mass is 399 g/mol. The van der Waals surface area contributed by atoms with E-state index in [9.17, 15) is 9.59 Å². The summed E-state index contributed by atoms with van der Waals surface area (Å²) in [6.45, 7) is 8.70. The second-order valence-corrected chi connectivity index (χ2v) is 7.38. The molecule has 0 saturated carbocycles. The van der Waals surface area contributed by atoms with E-state index in [1.807, 2.05) is 0 Å². The van der Waals surface area contributed by atoms with Crippen LogP contribution in [0.1, 0.15) is 37.0 Å². The van der Waals surface area contributed by atoms with Crippen LogP contribution in [0, 0.1) is 5.92 Å². The Kier molecular flexibility index (Phi) is 8.19. The standard InChI is InChI=1S/C19H27Cl2N3O2/c1-3-23(4-2)11-9-22-18(25)14-6-5-10-24(13-14)19(26)16-8-7-15(20)12-17(16)21/h7-8,12,14H,3-6,9-11,13H2,1-2H3,(H,22,25). The number of amides is 2. The molecular weight excluding hydrogens is 373 g/mol. The minimum Gasteiger partial charge on any atom is -0.355 e. The van der Waals surface area contributed by atoms with Crippen molar-refractivity contribution in [1.82, 2.24) is 15.1 Å². The Labute approximate surface area is 165 Å². The SMILES string of the molecule is CCN(CC)CCNC(=O)C1CCCN(C(=O)c2ccc(Cl)cc2Cl)C1. The highest BCUT2D eigenvalue weighted by atomic mass is 35.5. The van der Waals surface area contributed by atoms with E-state index in [4.69, 9.17) is 23.2 Å². The summed E-state index contributed by atoms with van der Waals surface area (Å²) in [7, 11) is 0. The quantitative estimate of drug-likeness (QED) is 0.764. The maximum absolute atomic E-state index is 12.7. The van der Waals surface area contributed by atoms with Crippen molar-refractivity contribution in [2.75, 3.05) is 39.3 Å². The summed E-state index contributed by atoms with van der Waals surface area (Å²) in [5, 5.41) is 3.84. The first-order valence-corrected chi connectivity index (χ1v) is 9.96. The summed E-state index contributed by atoms with van der Waals surface area (Å²) in [6.07, 6.45) is 1.61. The highest BCUT2D eigenvalue weighted by Gasteiger charge is 2.29. The van der Waals surface area contributed by atoms with Crippen molar-refractivity contribution < 1.29 is 9.59 Å². The maximum Gasteiger partial charge on any atom is 0.255 e. The average molecular weight is 400 g/mol. The van der Waals surface area contributed by atoms with E-state index < -0.39 is 0 Å². The second kappa shape index (κ2) is 10.1. The summed E-state index contributed by atoms with van der Waals surface area (Å²) in [5.74, 6) is -0.292. The number of hydrogen-bond acceptors (Lipinski definition) is 3. The van der Waals surface area contributed by atoms with Crippen molar-refractivity contribution in [1.29, 1.82) is 0 Å². The number of halogens is 2. The normalized spacial score (nSPS) is 17.4. The first kappa shape index (κ1) is 21.0. The molecular formula is C19H27Cl2N3O2. The number of rotatable bonds is 7. The molecule has 1 aromatic carbocycles. The van der Waals surface area contributed by atoms with E-state index in [2.05, 4.69) is 24.1 Å². The molecule has 5 nitrogen and oxygen atoms in total. The zero-order valence-electron chi connectivity index (χ0n) is 15.4. The molecule has 1 aromatic rings. The third-order valence-corrected chi connectivity index (χ3v) is 5.41. The van der Waals surface area contributed by atoms with Crippen LogP contribution in [0.25, 0.3) is 0 Å². The van der Waals surface area contributed by atoms with Crippen LogP contribution in [0.2, 0.25) is 10.0 Å². The molecule has 1 saturated heterocycles. The van der Waals surface area contributed by atoms with Gasteiger partial charge in [0, 0.05) is 31.2 Å². The first-order valence-electron chi connectivity index (χ1n) is 9.20. The fraction of sp³-hybridized carbons (Fsp3) is 0.579. The van der Waals surface area contributed by atoms with Crippen LogP contribution >= 0.6 is 23.2 Å². The van der Waals surface area contributed by atoms with Gasteiger partial charge in [0.2, 0.25) is 5.91 Å². The van der Waals surface area contributed by atoms with Gasteiger partial charge in [0.05, 0.1) is 16.5 Å². The Hall–Kier alpha value is -1.30. The Balaban J connectivity index is 1.91. The number of carbonyl (C=O) groups is 2. The first-order chi connectivity index (χ1) is 12.5. The van der Waals surface area contributed by atoms with Crippen molar-refractivity contribution in [3.8, 4) is 0 Å². The van der Waals surface area contributed by atoms with Crippen LogP contribution in [-0.4, -0.2) is 60.9 Å². The number of hydrogen-bond donors (Lipinski definition) is 1. The lowest BCUT2D eigenvalue weighted by molar-refractivity contribution is -0.126. The molecule has 26 heavy (non-hydrogen) atoms. The van der Waals surface area contributed by atoms with Crippen molar-refractivity contribution in [2.45, 2.75) is 26.7 Å². The molecule has 1 fully saturated rings. The van der Waals surface area contributed by atoms with E-state index >= 15 is 0 Å². The second-order valence-electron chi connectivity index (χ2n) is 6.53. The molecule has 0 spiro atoms. The molecule has 1 aliphatic heterocycles. The van der Waals surface area contributed by atoms with Gasteiger partial charge in [0.25, 0.3) is 5.91 Å². The van der Waals surface area contributed by atoms with Gasteiger partial charge >= 0.3 is 0 Å². The minimum absolute atomic E-state index is 0.0249. The predicted octanol–water partition coefficient (Wildman–Crippen LogP) is 3.30. The smallest absolute Gasteiger partial charge is 0.255 e. The van der Waals surface area contributed by atoms with Crippen LogP contribution in [0.3, 0.4) is 0 Å². The molecule has 0 aliphatic carbocycles. The van der Waals surface area contributed by atoms with E-state index in [0.29, 0.717) is 35.2 Å². The number of carbonyl (C=O) groups excluding carboxylic acids is 2. The summed E-state index contributed by atoms with van der Waals surface area (Å²) in [6, 6.07) is 4.86.